The van der Waals surface area contributed by atoms with E-state index < -0.39 is 16.2 Å². The summed E-state index contributed by atoms with van der Waals surface area (Å²) in [6, 6.07) is 1.27. The minimum absolute atomic E-state index is 0.123. The fourth-order valence-corrected chi connectivity index (χ4v) is 5.39. The van der Waals surface area contributed by atoms with Gasteiger partial charge in [0.15, 0.2) is 4.29 Å². The summed E-state index contributed by atoms with van der Waals surface area (Å²) in [4.78, 5) is 22.8. The van der Waals surface area contributed by atoms with Crippen molar-refractivity contribution in [2.24, 2.45) is 0 Å². The van der Waals surface area contributed by atoms with Gasteiger partial charge in [-0.05, 0) is 27.6 Å². The van der Waals surface area contributed by atoms with Gasteiger partial charge in [-0.1, -0.05) is 95.6 Å². The van der Waals surface area contributed by atoms with Crippen LogP contribution in [0.15, 0.2) is 10.5 Å². The lowest BCUT2D eigenvalue weighted by Gasteiger charge is -2.26. The Labute approximate surface area is 178 Å². The van der Waals surface area contributed by atoms with Crippen molar-refractivity contribution in [3.63, 3.8) is 0 Å². The quantitative estimate of drug-likeness (QED) is 0.343. The lowest BCUT2D eigenvalue weighted by molar-refractivity contribution is 0.0650. The molecule has 0 atom stereocenters. The van der Waals surface area contributed by atoms with Gasteiger partial charge >= 0.3 is 11.9 Å². The van der Waals surface area contributed by atoms with Crippen molar-refractivity contribution in [1.82, 2.24) is 0 Å². The number of carboxylic acid groups (broad SMARTS) is 2. The molecule has 1 rings (SSSR count). The molecule has 0 aliphatic rings. The van der Waals surface area contributed by atoms with Gasteiger partial charge in [0.1, 0.15) is 0 Å². The topological polar surface area (TPSA) is 74.6 Å². The van der Waals surface area contributed by atoms with E-state index in [4.69, 9.17) is 0 Å². The van der Waals surface area contributed by atoms with Crippen molar-refractivity contribution in [1.29, 1.82) is 0 Å². The van der Waals surface area contributed by atoms with Crippen LogP contribution in [-0.2, 0) is 4.29 Å². The standard InChI is InChI=1S/C10H3Br7O4/c11-6-4(8(20)21)2(7(18)19)1-3(9(12,13)14)5(6)10(15,16)17/h1H,(H,18,19)(H,20,21). The maximum atomic E-state index is 11.4. The molecule has 0 bridgehead atoms. The number of aromatic carboxylic acids is 2. The Balaban J connectivity index is 4.00. The van der Waals surface area contributed by atoms with Crippen LogP contribution in [0.3, 0.4) is 0 Å². The van der Waals surface area contributed by atoms with E-state index >= 15 is 0 Å². The van der Waals surface area contributed by atoms with Gasteiger partial charge in [0.2, 0.25) is 0 Å². The van der Waals surface area contributed by atoms with Crippen LogP contribution < -0.4 is 0 Å². The van der Waals surface area contributed by atoms with Gasteiger partial charge in [-0.3, -0.25) is 0 Å². The van der Waals surface area contributed by atoms with Gasteiger partial charge in [-0.25, -0.2) is 9.59 Å². The first-order chi connectivity index (χ1) is 9.28. The average Bonchev–Trinajstić information content (AvgIpc) is 2.23. The van der Waals surface area contributed by atoms with E-state index in [1.54, 1.807) is 0 Å². The summed E-state index contributed by atoms with van der Waals surface area (Å²) in [7, 11) is 0. The van der Waals surface area contributed by atoms with Crippen molar-refractivity contribution in [3.05, 3.63) is 32.8 Å². The highest BCUT2D eigenvalue weighted by molar-refractivity contribution is 9.39. The zero-order valence-electron chi connectivity index (χ0n) is 9.43. The maximum Gasteiger partial charge on any atom is 0.337 e. The van der Waals surface area contributed by atoms with Crippen molar-refractivity contribution >= 4 is 123 Å². The Hall–Kier alpha value is 1.52. The number of hydrogen-bond acceptors (Lipinski definition) is 2. The summed E-state index contributed by atoms with van der Waals surface area (Å²) in [6.45, 7) is 0. The van der Waals surface area contributed by atoms with E-state index in [2.05, 4.69) is 112 Å². The fourth-order valence-electron chi connectivity index (χ4n) is 1.53. The first-order valence-electron chi connectivity index (χ1n) is 4.76. The van der Waals surface area contributed by atoms with E-state index in [-0.39, 0.29) is 15.6 Å². The third kappa shape index (κ3) is 4.76. The van der Waals surface area contributed by atoms with Gasteiger partial charge in [-0.15, -0.1) is 0 Å². The summed E-state index contributed by atoms with van der Waals surface area (Å²) < 4.78 is -1.80. The Bertz CT molecular complexity index is 615. The molecule has 0 aliphatic heterocycles. The van der Waals surface area contributed by atoms with Crippen LogP contribution in [0.25, 0.3) is 0 Å². The van der Waals surface area contributed by atoms with Crippen LogP contribution in [0.4, 0.5) is 0 Å². The van der Waals surface area contributed by atoms with Gasteiger partial charge in [-0.2, -0.15) is 0 Å². The average molecular weight is 746 g/mol. The SMILES string of the molecule is O=C(O)c1cc(C(Br)(Br)Br)c(C(Br)(Br)Br)c(Br)c1C(=O)O. The first-order valence-corrected chi connectivity index (χ1v) is 10.3. The van der Waals surface area contributed by atoms with E-state index in [9.17, 15) is 19.8 Å². The van der Waals surface area contributed by atoms with E-state index in [0.717, 1.165) is 0 Å². The van der Waals surface area contributed by atoms with E-state index in [1.165, 1.54) is 6.07 Å². The minimum atomic E-state index is -1.35. The lowest BCUT2D eigenvalue weighted by Crippen LogP contribution is -2.18. The highest BCUT2D eigenvalue weighted by atomic mass is 80.0. The Kier molecular flexibility index (Phi) is 7.03. The summed E-state index contributed by atoms with van der Waals surface area (Å²) in [6.07, 6.45) is 0. The summed E-state index contributed by atoms with van der Waals surface area (Å²) in [5, 5.41) is 18.6. The first kappa shape index (κ1) is 20.6. The van der Waals surface area contributed by atoms with Gasteiger partial charge < -0.3 is 10.2 Å². The van der Waals surface area contributed by atoms with Gasteiger partial charge in [0.05, 0.1) is 11.1 Å². The Morgan fingerprint density at radius 3 is 1.67 bits per heavy atom. The Morgan fingerprint density at radius 2 is 1.38 bits per heavy atom. The van der Waals surface area contributed by atoms with Crippen molar-refractivity contribution in [2.75, 3.05) is 0 Å². The molecule has 0 aromatic heterocycles. The predicted molar refractivity (Wildman–Crippen MR) is 105 cm³/mol. The van der Waals surface area contributed by atoms with Gasteiger partial charge in [0.25, 0.3) is 0 Å². The highest BCUT2D eigenvalue weighted by Crippen LogP contribution is 2.56. The molecule has 0 radical (unpaired) electrons. The molecular formula is C10H3Br7O4. The number of carbonyl (C=O) groups is 2. The third-order valence-corrected chi connectivity index (χ3v) is 5.56. The molecule has 0 amide bonds. The normalized spacial score (nSPS) is 12.3. The largest absolute Gasteiger partial charge is 0.478 e. The summed E-state index contributed by atoms with van der Waals surface area (Å²) in [5.41, 5.74) is 0.200. The Morgan fingerprint density at radius 1 is 0.905 bits per heavy atom. The molecule has 1 aromatic rings. The highest BCUT2D eigenvalue weighted by Gasteiger charge is 2.38. The summed E-state index contributed by atoms with van der Waals surface area (Å²) >= 11 is 23.1. The van der Waals surface area contributed by atoms with Crippen LogP contribution in [0.1, 0.15) is 31.8 Å². The molecule has 0 unspecified atom stereocenters. The minimum Gasteiger partial charge on any atom is -0.478 e. The molecule has 1 aromatic carbocycles. The number of alkyl halides is 6. The van der Waals surface area contributed by atoms with Crippen molar-refractivity contribution in [3.8, 4) is 0 Å². The molecule has 2 N–H and O–H groups in total. The second-order valence-corrected chi connectivity index (χ2v) is 18.0. The number of rotatable bonds is 2. The lowest BCUT2D eigenvalue weighted by atomic mass is 10.00. The molecule has 0 saturated heterocycles. The maximum absolute atomic E-state index is 11.4. The molecule has 0 heterocycles. The molecule has 11 heteroatoms. The molecular weight excluding hydrogens is 743 g/mol. The molecule has 21 heavy (non-hydrogen) atoms. The zero-order valence-corrected chi connectivity index (χ0v) is 20.5. The van der Waals surface area contributed by atoms with Crippen molar-refractivity contribution < 1.29 is 19.8 Å². The van der Waals surface area contributed by atoms with Crippen LogP contribution >= 0.6 is 112 Å². The third-order valence-electron chi connectivity index (χ3n) is 2.30. The van der Waals surface area contributed by atoms with Crippen LogP contribution in [-0.4, -0.2) is 22.2 Å². The molecule has 0 saturated carbocycles. The van der Waals surface area contributed by atoms with Gasteiger partial charge in [0, 0.05) is 10.0 Å². The number of benzene rings is 1. The smallest absolute Gasteiger partial charge is 0.337 e. The summed E-state index contributed by atoms with van der Waals surface area (Å²) in [5.74, 6) is -2.70. The predicted octanol–water partition coefficient (Wildman–Crippen LogP) is 6.44. The molecule has 116 valence electrons. The van der Waals surface area contributed by atoms with Crippen LogP contribution in [0, 0.1) is 0 Å². The fraction of sp³-hybridized carbons (Fsp3) is 0.200. The number of hydrogen-bond donors (Lipinski definition) is 2. The monoisotopic (exact) mass is 739 g/mol. The van der Waals surface area contributed by atoms with E-state index in [1.807, 2.05) is 0 Å². The molecule has 0 aliphatic carbocycles. The van der Waals surface area contributed by atoms with Crippen LogP contribution in [0.5, 0.6) is 0 Å². The molecule has 0 fully saturated rings. The van der Waals surface area contributed by atoms with Crippen molar-refractivity contribution in [2.45, 2.75) is 4.29 Å². The molecule has 0 spiro atoms. The zero-order chi connectivity index (χ0) is 16.7. The second-order valence-electron chi connectivity index (χ2n) is 3.64. The number of carboxylic acids is 2. The van der Waals surface area contributed by atoms with E-state index in [0.29, 0.717) is 11.1 Å². The second kappa shape index (κ2) is 7.18. The van der Waals surface area contributed by atoms with Crippen LogP contribution in [0.2, 0.25) is 0 Å². The molecule has 4 nitrogen and oxygen atoms in total. The number of halogens is 7.